The highest BCUT2D eigenvalue weighted by atomic mass is 79.9. The fourth-order valence-electron chi connectivity index (χ4n) is 2.44. The normalized spacial score (nSPS) is 11.1. The average molecular weight is 463 g/mol. The summed E-state index contributed by atoms with van der Waals surface area (Å²) < 4.78 is 41.4. The predicted molar refractivity (Wildman–Crippen MR) is 110 cm³/mol. The number of amides is 1. The van der Waals surface area contributed by atoms with Crippen molar-refractivity contribution in [2.75, 3.05) is 10.0 Å². The summed E-state index contributed by atoms with van der Waals surface area (Å²) in [6.45, 7) is 1.76. The number of carbonyl (C=O) groups excluding carboxylic acids is 1. The Morgan fingerprint density at radius 2 is 1.61 bits per heavy atom. The molecule has 1 amide bonds. The van der Waals surface area contributed by atoms with Crippen LogP contribution in [0.2, 0.25) is 0 Å². The molecule has 3 rings (SSSR count). The average Bonchev–Trinajstić information content (AvgIpc) is 2.65. The van der Waals surface area contributed by atoms with Crippen LogP contribution in [0.5, 0.6) is 0 Å². The lowest BCUT2D eigenvalue weighted by atomic mass is 10.1. The molecule has 3 aromatic rings. The number of hydrogen-bond acceptors (Lipinski definition) is 3. The van der Waals surface area contributed by atoms with Gasteiger partial charge in [-0.3, -0.25) is 9.52 Å². The fraction of sp³-hybridized carbons (Fsp3) is 0.0500. The van der Waals surface area contributed by atoms with E-state index in [1.807, 2.05) is 0 Å². The summed E-state index contributed by atoms with van der Waals surface area (Å²) in [6.07, 6.45) is 0. The molecule has 0 bridgehead atoms. The van der Waals surface area contributed by atoms with Crippen molar-refractivity contribution >= 4 is 43.2 Å². The molecule has 0 saturated carbocycles. The van der Waals surface area contributed by atoms with E-state index in [0.29, 0.717) is 16.9 Å². The molecule has 0 aliphatic carbocycles. The van der Waals surface area contributed by atoms with Crippen LogP contribution in [0.25, 0.3) is 0 Å². The largest absolute Gasteiger partial charge is 0.322 e. The van der Waals surface area contributed by atoms with Crippen LogP contribution in [0, 0.1) is 12.7 Å². The maximum Gasteiger partial charge on any atom is 0.261 e. The third-order valence-electron chi connectivity index (χ3n) is 3.97. The Balaban J connectivity index is 1.73. The van der Waals surface area contributed by atoms with E-state index in [4.69, 9.17) is 0 Å². The summed E-state index contributed by atoms with van der Waals surface area (Å²) in [4.78, 5) is 12.5. The van der Waals surface area contributed by atoms with Crippen LogP contribution < -0.4 is 10.0 Å². The Kier molecular flexibility index (Phi) is 5.81. The molecule has 2 N–H and O–H groups in total. The summed E-state index contributed by atoms with van der Waals surface area (Å²) in [6, 6.07) is 16.3. The van der Waals surface area contributed by atoms with Crippen molar-refractivity contribution in [1.82, 2.24) is 0 Å². The second-order valence-electron chi connectivity index (χ2n) is 6.05. The molecule has 0 fully saturated rings. The predicted octanol–water partition coefficient (Wildman–Crippen LogP) is 4.95. The number of nitrogens with one attached hydrogen (secondary N) is 2. The van der Waals surface area contributed by atoms with Gasteiger partial charge in [0.1, 0.15) is 5.82 Å². The zero-order chi connectivity index (χ0) is 20.3. The lowest BCUT2D eigenvalue weighted by Gasteiger charge is -2.10. The van der Waals surface area contributed by atoms with Gasteiger partial charge < -0.3 is 5.32 Å². The highest BCUT2D eigenvalue weighted by molar-refractivity contribution is 9.10. The molecule has 144 valence electrons. The van der Waals surface area contributed by atoms with Gasteiger partial charge in [-0.2, -0.15) is 0 Å². The van der Waals surface area contributed by atoms with E-state index >= 15 is 0 Å². The van der Waals surface area contributed by atoms with Gasteiger partial charge in [-0.1, -0.05) is 22.0 Å². The molecule has 0 aromatic heterocycles. The molecule has 8 heteroatoms. The molecule has 3 aromatic carbocycles. The first-order valence-electron chi connectivity index (χ1n) is 8.20. The summed E-state index contributed by atoms with van der Waals surface area (Å²) in [5.41, 5.74) is 1.75. The van der Waals surface area contributed by atoms with Crippen molar-refractivity contribution in [3.05, 3.63) is 88.1 Å². The number of carbonyl (C=O) groups is 1. The molecular formula is C20H16BrFN2O3S. The van der Waals surface area contributed by atoms with E-state index in [1.165, 1.54) is 48.5 Å². The second-order valence-corrected chi connectivity index (χ2v) is 8.65. The zero-order valence-electron chi connectivity index (χ0n) is 14.7. The zero-order valence-corrected chi connectivity index (χ0v) is 17.1. The smallest absolute Gasteiger partial charge is 0.261 e. The van der Waals surface area contributed by atoms with E-state index in [1.54, 1.807) is 25.1 Å². The van der Waals surface area contributed by atoms with Gasteiger partial charge in [0, 0.05) is 21.4 Å². The first-order chi connectivity index (χ1) is 13.2. The van der Waals surface area contributed by atoms with Gasteiger partial charge in [0.15, 0.2) is 0 Å². The SMILES string of the molecule is Cc1ccc(F)cc1NC(=O)c1ccc(NS(=O)(=O)c2ccc(Br)cc2)cc1. The molecule has 0 radical (unpaired) electrons. The Bertz CT molecular complexity index is 1120. The Hall–Kier alpha value is -2.71. The molecule has 0 heterocycles. The minimum atomic E-state index is -3.74. The number of sulfonamides is 1. The van der Waals surface area contributed by atoms with Crippen molar-refractivity contribution in [2.24, 2.45) is 0 Å². The van der Waals surface area contributed by atoms with Crippen molar-refractivity contribution in [2.45, 2.75) is 11.8 Å². The maximum atomic E-state index is 13.4. The lowest BCUT2D eigenvalue weighted by Crippen LogP contribution is -2.14. The number of anilines is 2. The van der Waals surface area contributed by atoms with Gasteiger partial charge in [-0.15, -0.1) is 0 Å². The molecule has 28 heavy (non-hydrogen) atoms. The molecular weight excluding hydrogens is 447 g/mol. The number of hydrogen-bond donors (Lipinski definition) is 2. The first-order valence-corrected chi connectivity index (χ1v) is 10.5. The maximum absolute atomic E-state index is 13.4. The van der Waals surface area contributed by atoms with Gasteiger partial charge in [0.2, 0.25) is 0 Å². The van der Waals surface area contributed by atoms with Crippen LogP contribution in [0.1, 0.15) is 15.9 Å². The van der Waals surface area contributed by atoms with Crippen LogP contribution in [0.4, 0.5) is 15.8 Å². The number of aryl methyl sites for hydroxylation is 1. The third kappa shape index (κ3) is 4.76. The molecule has 0 aliphatic heterocycles. The summed E-state index contributed by atoms with van der Waals surface area (Å²) in [7, 11) is -3.74. The molecule has 0 atom stereocenters. The number of halogens is 2. The van der Waals surface area contributed by atoms with Crippen LogP contribution >= 0.6 is 15.9 Å². The van der Waals surface area contributed by atoms with E-state index < -0.39 is 21.7 Å². The standard InChI is InChI=1S/C20H16BrFN2O3S/c1-13-2-7-16(22)12-19(13)23-20(25)14-3-8-17(9-4-14)24-28(26,27)18-10-5-15(21)6-11-18/h2-12,24H,1H3,(H,23,25). The highest BCUT2D eigenvalue weighted by Crippen LogP contribution is 2.20. The minimum absolute atomic E-state index is 0.124. The third-order valence-corrected chi connectivity index (χ3v) is 5.90. The molecule has 5 nitrogen and oxygen atoms in total. The van der Waals surface area contributed by atoms with Crippen molar-refractivity contribution < 1.29 is 17.6 Å². The molecule has 0 saturated heterocycles. The van der Waals surface area contributed by atoms with E-state index in [2.05, 4.69) is 26.0 Å². The van der Waals surface area contributed by atoms with Crippen molar-refractivity contribution in [3.63, 3.8) is 0 Å². The second kappa shape index (κ2) is 8.12. The van der Waals surface area contributed by atoms with Gasteiger partial charge in [0.05, 0.1) is 4.90 Å². The van der Waals surface area contributed by atoms with E-state index in [9.17, 15) is 17.6 Å². The van der Waals surface area contributed by atoms with Crippen LogP contribution in [-0.4, -0.2) is 14.3 Å². The Morgan fingerprint density at radius 1 is 0.964 bits per heavy atom. The monoisotopic (exact) mass is 462 g/mol. The van der Waals surface area contributed by atoms with Gasteiger partial charge in [-0.25, -0.2) is 12.8 Å². The van der Waals surface area contributed by atoms with Crippen molar-refractivity contribution in [1.29, 1.82) is 0 Å². The van der Waals surface area contributed by atoms with Gasteiger partial charge in [-0.05, 0) is 73.2 Å². The summed E-state index contributed by atoms with van der Waals surface area (Å²) in [5, 5.41) is 2.64. The van der Waals surface area contributed by atoms with Gasteiger partial charge in [0.25, 0.3) is 15.9 Å². The lowest BCUT2D eigenvalue weighted by molar-refractivity contribution is 0.102. The minimum Gasteiger partial charge on any atom is -0.322 e. The topological polar surface area (TPSA) is 75.3 Å². The summed E-state index contributed by atoms with van der Waals surface area (Å²) >= 11 is 3.26. The quantitative estimate of drug-likeness (QED) is 0.563. The molecule has 0 unspecified atom stereocenters. The first kappa shape index (κ1) is 20.0. The number of rotatable bonds is 5. The molecule has 0 spiro atoms. The van der Waals surface area contributed by atoms with Crippen LogP contribution in [-0.2, 0) is 10.0 Å². The Morgan fingerprint density at radius 3 is 2.25 bits per heavy atom. The van der Waals surface area contributed by atoms with E-state index in [-0.39, 0.29) is 4.90 Å². The van der Waals surface area contributed by atoms with Crippen LogP contribution in [0.15, 0.2) is 76.1 Å². The fourth-order valence-corrected chi connectivity index (χ4v) is 3.76. The number of benzene rings is 3. The summed E-state index contributed by atoms with van der Waals surface area (Å²) in [5.74, 6) is -0.866. The van der Waals surface area contributed by atoms with Crippen molar-refractivity contribution in [3.8, 4) is 0 Å². The van der Waals surface area contributed by atoms with Gasteiger partial charge >= 0.3 is 0 Å². The Labute approximate surface area is 170 Å². The highest BCUT2D eigenvalue weighted by Gasteiger charge is 2.15. The van der Waals surface area contributed by atoms with E-state index in [0.717, 1.165) is 10.0 Å². The van der Waals surface area contributed by atoms with Crippen LogP contribution in [0.3, 0.4) is 0 Å². The molecule has 0 aliphatic rings.